The molecule has 218 valence electrons. The topological polar surface area (TPSA) is 8.17 Å². The molecule has 0 amide bonds. The Kier molecular flexibility index (Phi) is 5.26. The Labute approximate surface area is 273 Å². The first-order chi connectivity index (χ1) is 22.5. The molecule has 0 unspecified atom stereocenters. The van der Waals surface area contributed by atoms with Gasteiger partial charge >= 0.3 is 0 Å². The van der Waals surface area contributed by atoms with E-state index in [9.17, 15) is 0 Å². The highest BCUT2D eigenvalue weighted by Gasteiger charge is 2.45. The third kappa shape index (κ3) is 3.37. The first-order valence-corrected chi connectivity index (χ1v) is 17.0. The zero-order valence-electron chi connectivity index (χ0n) is 26.1. The normalized spacial score (nSPS) is 14.1. The zero-order chi connectivity index (χ0) is 30.7. The Hall–Kier alpha value is -5.06. The van der Waals surface area contributed by atoms with Crippen LogP contribution in [0, 0.1) is 6.92 Å². The molecule has 2 aromatic heterocycles. The molecule has 0 bridgehead atoms. The van der Waals surface area contributed by atoms with E-state index in [-0.39, 0.29) is 12.1 Å². The Morgan fingerprint density at radius 2 is 1.30 bits per heavy atom. The van der Waals surface area contributed by atoms with Gasteiger partial charge in [-0.05, 0) is 83.1 Å². The van der Waals surface area contributed by atoms with Crippen LogP contribution in [-0.4, -0.2) is 11.3 Å². The summed E-state index contributed by atoms with van der Waals surface area (Å²) in [5.74, 6) is 0. The van der Waals surface area contributed by atoms with Crippen molar-refractivity contribution in [2.24, 2.45) is 0 Å². The van der Waals surface area contributed by atoms with Gasteiger partial charge in [-0.3, -0.25) is 0 Å². The van der Waals surface area contributed by atoms with Gasteiger partial charge in [-0.25, -0.2) is 0 Å². The van der Waals surface area contributed by atoms with Crippen molar-refractivity contribution >= 4 is 82.7 Å². The molecule has 10 rings (SSSR count). The molecule has 0 atom stereocenters. The number of rotatable bonds is 3. The molecule has 4 heteroatoms. The number of benzene rings is 6. The van der Waals surface area contributed by atoms with Crippen molar-refractivity contribution in [1.29, 1.82) is 0 Å². The van der Waals surface area contributed by atoms with Gasteiger partial charge in [0.1, 0.15) is 0 Å². The van der Waals surface area contributed by atoms with Crippen LogP contribution in [0.5, 0.6) is 0 Å². The summed E-state index contributed by atoms with van der Waals surface area (Å²) in [6, 6.07) is 49.5. The second-order valence-corrected chi connectivity index (χ2v) is 14.5. The number of hydrogen-bond donors (Lipinski definition) is 0. The molecule has 0 N–H and O–H groups in total. The Morgan fingerprint density at radius 3 is 2.07 bits per heavy atom. The lowest BCUT2D eigenvalue weighted by Gasteiger charge is -2.42. The Bertz CT molecular complexity index is 2480. The molecular weight excluding hydrogens is 575 g/mol. The molecule has 2 aliphatic heterocycles. The van der Waals surface area contributed by atoms with Gasteiger partial charge in [-0.15, -0.1) is 11.3 Å². The standard InChI is InChI=1S/C42H31BN2S/c1-26-23-33-38-36(24-26)45-39-31(17-12-20-35(39)43(38)34-19-11-10-18-32(34)42(33,2)3)41-40(45)30-22-21-29(25-37(30)46-41)44(27-13-6-4-7-14-27)28-15-8-5-9-16-28/h4-25H,1-3H3. The van der Waals surface area contributed by atoms with Crippen molar-refractivity contribution in [1.82, 2.24) is 4.57 Å². The molecule has 0 aliphatic carbocycles. The summed E-state index contributed by atoms with van der Waals surface area (Å²) in [6.07, 6.45) is 0. The van der Waals surface area contributed by atoms with Crippen LogP contribution in [0.2, 0.25) is 0 Å². The Morgan fingerprint density at radius 1 is 0.609 bits per heavy atom. The molecule has 0 spiro atoms. The van der Waals surface area contributed by atoms with Crippen LogP contribution in [0.4, 0.5) is 17.1 Å². The van der Waals surface area contributed by atoms with Crippen molar-refractivity contribution in [3.05, 3.63) is 150 Å². The van der Waals surface area contributed by atoms with E-state index in [4.69, 9.17) is 0 Å². The third-order valence-electron chi connectivity index (χ3n) is 10.5. The molecule has 46 heavy (non-hydrogen) atoms. The van der Waals surface area contributed by atoms with Crippen LogP contribution in [0.1, 0.15) is 30.5 Å². The fourth-order valence-corrected chi connectivity index (χ4v) is 9.77. The predicted octanol–water partition coefficient (Wildman–Crippen LogP) is 9.25. The van der Waals surface area contributed by atoms with E-state index in [1.807, 2.05) is 11.3 Å². The lowest BCUT2D eigenvalue weighted by atomic mass is 9.30. The molecule has 0 saturated carbocycles. The number of thiophene rings is 1. The van der Waals surface area contributed by atoms with Gasteiger partial charge < -0.3 is 9.47 Å². The minimum Gasteiger partial charge on any atom is -0.310 e. The predicted molar refractivity (Wildman–Crippen MR) is 199 cm³/mol. The summed E-state index contributed by atoms with van der Waals surface area (Å²) in [5, 5.41) is 2.67. The zero-order valence-corrected chi connectivity index (χ0v) is 26.9. The number of nitrogens with zero attached hydrogens (tertiary/aromatic N) is 2. The minimum absolute atomic E-state index is 0.0786. The average Bonchev–Trinajstić information content (AvgIpc) is 3.61. The van der Waals surface area contributed by atoms with Gasteiger partial charge in [0.25, 0.3) is 0 Å². The molecule has 2 aliphatic rings. The monoisotopic (exact) mass is 606 g/mol. The van der Waals surface area contributed by atoms with Crippen molar-refractivity contribution in [3.63, 3.8) is 0 Å². The number of anilines is 3. The van der Waals surface area contributed by atoms with E-state index in [0.29, 0.717) is 0 Å². The number of para-hydroxylation sites is 3. The maximum absolute atomic E-state index is 2.62. The second-order valence-electron chi connectivity index (χ2n) is 13.4. The summed E-state index contributed by atoms with van der Waals surface area (Å²) in [7, 11) is 0. The molecule has 8 aromatic rings. The van der Waals surface area contributed by atoms with Crippen LogP contribution >= 0.6 is 11.3 Å². The van der Waals surface area contributed by atoms with E-state index >= 15 is 0 Å². The van der Waals surface area contributed by atoms with E-state index in [0.717, 1.165) is 11.4 Å². The van der Waals surface area contributed by atoms with Gasteiger partial charge in [0.2, 0.25) is 6.71 Å². The summed E-state index contributed by atoms with van der Waals surface area (Å²) >= 11 is 1.93. The first kappa shape index (κ1) is 26.2. The number of fused-ring (bicyclic) bond motifs is 9. The quantitative estimate of drug-likeness (QED) is 0.182. The van der Waals surface area contributed by atoms with E-state index in [1.54, 1.807) is 0 Å². The summed E-state index contributed by atoms with van der Waals surface area (Å²) < 4.78 is 5.30. The molecule has 0 fully saturated rings. The van der Waals surface area contributed by atoms with Crippen LogP contribution in [-0.2, 0) is 5.41 Å². The summed E-state index contributed by atoms with van der Waals surface area (Å²) in [5.41, 5.74) is 16.0. The van der Waals surface area contributed by atoms with E-state index < -0.39 is 0 Å². The molecule has 6 aromatic carbocycles. The van der Waals surface area contributed by atoms with Crippen LogP contribution in [0.15, 0.2) is 133 Å². The van der Waals surface area contributed by atoms with Gasteiger partial charge in [0, 0.05) is 43.6 Å². The van der Waals surface area contributed by atoms with Crippen molar-refractivity contribution < 1.29 is 0 Å². The molecule has 2 nitrogen and oxygen atoms in total. The van der Waals surface area contributed by atoms with Gasteiger partial charge in [0.15, 0.2) is 0 Å². The van der Waals surface area contributed by atoms with E-state index in [1.165, 1.54) is 75.7 Å². The number of aryl methyl sites for hydroxylation is 1. The van der Waals surface area contributed by atoms with Crippen LogP contribution in [0.25, 0.3) is 36.9 Å². The van der Waals surface area contributed by atoms with Gasteiger partial charge in [0.05, 0.1) is 15.7 Å². The fourth-order valence-electron chi connectivity index (χ4n) is 8.52. The maximum Gasteiger partial charge on any atom is 0.247 e. The highest BCUT2D eigenvalue weighted by atomic mass is 32.1. The number of aromatic nitrogens is 1. The number of hydrogen-bond acceptors (Lipinski definition) is 2. The lowest BCUT2D eigenvalue weighted by molar-refractivity contribution is 0.645. The van der Waals surface area contributed by atoms with Crippen LogP contribution in [0.3, 0.4) is 0 Å². The average molecular weight is 607 g/mol. The maximum atomic E-state index is 2.62. The third-order valence-corrected chi connectivity index (χ3v) is 11.6. The fraction of sp³-hybridized carbons (Fsp3) is 0.0952. The Balaban J connectivity index is 1.28. The largest absolute Gasteiger partial charge is 0.310 e. The SMILES string of the molecule is Cc1cc2c3c(c1)C(C)(C)c1ccccc1B3c1cccc3c4sc5cc(N(c6ccccc6)c6ccccc6)ccc5c4n-2c13. The lowest BCUT2D eigenvalue weighted by Crippen LogP contribution is -2.63. The van der Waals surface area contributed by atoms with Crippen molar-refractivity contribution in [3.8, 4) is 5.69 Å². The summed E-state index contributed by atoms with van der Waals surface area (Å²) in [6.45, 7) is 7.31. The van der Waals surface area contributed by atoms with Crippen molar-refractivity contribution in [2.75, 3.05) is 4.90 Å². The first-order valence-electron chi connectivity index (χ1n) is 16.2. The second kappa shape index (κ2) is 9.25. The minimum atomic E-state index is -0.0786. The van der Waals surface area contributed by atoms with Crippen molar-refractivity contribution in [2.45, 2.75) is 26.2 Å². The molecule has 4 heterocycles. The molecule has 0 saturated heterocycles. The highest BCUT2D eigenvalue weighted by Crippen LogP contribution is 2.46. The van der Waals surface area contributed by atoms with Crippen LogP contribution < -0.4 is 21.3 Å². The van der Waals surface area contributed by atoms with E-state index in [2.05, 4.69) is 164 Å². The smallest absolute Gasteiger partial charge is 0.247 e. The highest BCUT2D eigenvalue weighted by molar-refractivity contribution is 7.26. The summed E-state index contributed by atoms with van der Waals surface area (Å²) in [4.78, 5) is 2.36. The molecule has 0 radical (unpaired) electrons. The molecular formula is C42H31BN2S. The van der Waals surface area contributed by atoms with Gasteiger partial charge in [-0.2, -0.15) is 0 Å². The van der Waals surface area contributed by atoms with Gasteiger partial charge in [-0.1, -0.05) is 104 Å².